The van der Waals surface area contributed by atoms with Gasteiger partial charge in [0.05, 0.1) is 16.6 Å². The van der Waals surface area contributed by atoms with Crippen LogP contribution in [0.2, 0.25) is 0 Å². The van der Waals surface area contributed by atoms with E-state index in [4.69, 9.17) is 15.0 Å². The lowest BCUT2D eigenvalue weighted by Crippen LogP contribution is -2.54. The van der Waals surface area contributed by atoms with Crippen molar-refractivity contribution in [3.05, 3.63) is 223 Å². The molecule has 0 spiro atoms. The molecular formula is C85H76N6. The van der Waals surface area contributed by atoms with Gasteiger partial charge in [0.1, 0.15) is 17.5 Å². The van der Waals surface area contributed by atoms with Gasteiger partial charge < -0.3 is 14.7 Å². The van der Waals surface area contributed by atoms with Gasteiger partial charge in [-0.2, -0.15) is 0 Å². The van der Waals surface area contributed by atoms with Gasteiger partial charge in [-0.3, -0.25) is 0 Å². The summed E-state index contributed by atoms with van der Waals surface area (Å²) in [5.74, 6) is 3.21. The summed E-state index contributed by atoms with van der Waals surface area (Å²) >= 11 is 0. The smallest absolute Gasteiger partial charge is 0.141 e. The minimum Gasteiger partial charge on any atom is -0.319 e. The van der Waals surface area contributed by atoms with E-state index in [2.05, 4.69) is 244 Å². The van der Waals surface area contributed by atoms with Crippen molar-refractivity contribution in [3.63, 3.8) is 0 Å². The lowest BCUT2D eigenvalue weighted by molar-refractivity contribution is 0.194. The van der Waals surface area contributed by atoms with E-state index in [1.54, 1.807) is 0 Å². The Balaban J connectivity index is 0.840. The van der Waals surface area contributed by atoms with Gasteiger partial charge in [0.2, 0.25) is 0 Å². The highest BCUT2D eigenvalue weighted by molar-refractivity contribution is 6.30. The van der Waals surface area contributed by atoms with E-state index in [1.807, 2.05) is 18.6 Å². The molecule has 6 unspecified atom stereocenters. The predicted molar refractivity (Wildman–Crippen MR) is 381 cm³/mol. The molecule has 3 aromatic heterocycles. The highest BCUT2D eigenvalue weighted by Gasteiger charge is 2.61. The van der Waals surface area contributed by atoms with Gasteiger partial charge in [-0.15, -0.1) is 0 Å². The summed E-state index contributed by atoms with van der Waals surface area (Å²) in [5, 5.41) is 15.2. The van der Waals surface area contributed by atoms with E-state index >= 15 is 0 Å². The van der Waals surface area contributed by atoms with Crippen molar-refractivity contribution in [2.75, 3.05) is 14.7 Å². The summed E-state index contributed by atoms with van der Waals surface area (Å²) in [5.41, 5.74) is 15.2. The largest absolute Gasteiger partial charge is 0.319 e. The van der Waals surface area contributed by atoms with Gasteiger partial charge >= 0.3 is 0 Å². The standard InChI is InChI=1S/C85H76N6/c1-80-40-13-16-43-83(80,4)89(77-61-22-10-7-19-53(61)37-46-86-77)72-34-27-57(49-69(72)80)60-30-25-56-26-31-65-67(58-28-35-73-70(50-58)81(2)41-14-17-44-84(81,5)90(73)78-62-23-11-8-20-54(62)38-47-87-78)52-68(66-33-32-64(60)75(56)76(65)66)59-29-36-74-71(51-59)82(3)42-15-18-45-85(82,6)91(74)79-63-24-12-9-21-55(63)39-48-88-79/h7-12,19-39,46-52H,13-18,40-45H2,1-6H3. The van der Waals surface area contributed by atoms with Crippen LogP contribution >= 0.6 is 0 Å². The van der Waals surface area contributed by atoms with Gasteiger partial charge in [-0.1, -0.05) is 187 Å². The molecule has 0 saturated heterocycles. The fourth-order valence-electron chi connectivity index (χ4n) is 20.2. The summed E-state index contributed by atoms with van der Waals surface area (Å²) in [6.07, 6.45) is 20.1. The summed E-state index contributed by atoms with van der Waals surface area (Å²) in [6.45, 7) is 15.3. The summed E-state index contributed by atoms with van der Waals surface area (Å²) < 4.78 is 0. The third kappa shape index (κ3) is 6.91. The zero-order valence-electron chi connectivity index (χ0n) is 53.3. The first kappa shape index (κ1) is 53.7. The first-order chi connectivity index (χ1) is 44.3. The average molecular weight is 1180 g/mol. The third-order valence-corrected chi connectivity index (χ3v) is 25.6. The second kappa shape index (κ2) is 18.8. The molecule has 3 fully saturated rings. The molecule has 6 atom stereocenters. The zero-order chi connectivity index (χ0) is 61.0. The molecule has 0 radical (unpaired) electrons. The molecule has 6 aliphatic rings. The first-order valence-electron chi connectivity index (χ1n) is 34.0. The number of hydrogen-bond acceptors (Lipinski definition) is 6. The molecule has 91 heavy (non-hydrogen) atoms. The van der Waals surface area contributed by atoms with Crippen molar-refractivity contribution >= 4 is 99.2 Å². The molecule has 3 aliphatic carbocycles. The van der Waals surface area contributed by atoms with Crippen molar-refractivity contribution in [1.29, 1.82) is 0 Å². The molecule has 3 aliphatic heterocycles. The summed E-state index contributed by atoms with van der Waals surface area (Å²) in [6, 6.07) is 72.8. The Labute approximate surface area is 534 Å². The Morgan fingerprint density at radius 2 is 0.626 bits per heavy atom. The third-order valence-electron chi connectivity index (χ3n) is 25.6. The van der Waals surface area contributed by atoms with Crippen LogP contribution in [-0.2, 0) is 16.2 Å². The van der Waals surface area contributed by atoms with Gasteiger partial charge in [0.15, 0.2) is 0 Å². The predicted octanol–water partition coefficient (Wildman–Crippen LogP) is 22.5. The molecule has 6 nitrogen and oxygen atoms in total. The molecular weight excluding hydrogens is 1100 g/mol. The monoisotopic (exact) mass is 1180 g/mol. The van der Waals surface area contributed by atoms with Crippen LogP contribution in [0.4, 0.5) is 34.5 Å². The molecule has 10 aromatic carbocycles. The van der Waals surface area contributed by atoms with Crippen LogP contribution < -0.4 is 14.7 Å². The Bertz CT molecular complexity index is 5060. The molecule has 3 saturated carbocycles. The number of rotatable bonds is 6. The maximum absolute atomic E-state index is 5.27. The second-order valence-electron chi connectivity index (χ2n) is 29.5. The van der Waals surface area contributed by atoms with E-state index in [0.29, 0.717) is 0 Å². The molecule has 0 N–H and O–H groups in total. The number of fused-ring (bicyclic) bond motifs is 12. The van der Waals surface area contributed by atoms with E-state index in [-0.39, 0.29) is 32.9 Å². The van der Waals surface area contributed by atoms with Crippen molar-refractivity contribution in [2.45, 2.75) is 151 Å². The van der Waals surface area contributed by atoms with Crippen LogP contribution in [0.25, 0.3) is 98.0 Å². The quantitative estimate of drug-likeness (QED) is 0.155. The Morgan fingerprint density at radius 3 is 1.03 bits per heavy atom. The van der Waals surface area contributed by atoms with Gasteiger partial charge in [-0.25, -0.2) is 15.0 Å². The van der Waals surface area contributed by atoms with Crippen LogP contribution in [0.3, 0.4) is 0 Å². The van der Waals surface area contributed by atoms with Crippen LogP contribution in [0, 0.1) is 0 Å². The Hall–Kier alpha value is -9.13. The van der Waals surface area contributed by atoms with E-state index in [9.17, 15) is 0 Å². The molecule has 6 heteroatoms. The van der Waals surface area contributed by atoms with Crippen LogP contribution in [-0.4, -0.2) is 31.6 Å². The minimum atomic E-state index is -0.160. The first-order valence-corrected chi connectivity index (χ1v) is 34.0. The maximum Gasteiger partial charge on any atom is 0.141 e. The Kier molecular flexibility index (Phi) is 11.1. The topological polar surface area (TPSA) is 48.4 Å². The van der Waals surface area contributed by atoms with Gasteiger partial charge in [0.25, 0.3) is 0 Å². The number of pyridine rings is 3. The van der Waals surface area contributed by atoms with Crippen molar-refractivity contribution < 1.29 is 0 Å². The maximum atomic E-state index is 5.27. The fourth-order valence-corrected chi connectivity index (χ4v) is 20.2. The molecule has 6 heterocycles. The van der Waals surface area contributed by atoms with E-state index in [1.165, 1.54) is 170 Å². The lowest BCUT2D eigenvalue weighted by Gasteiger charge is -2.50. The van der Waals surface area contributed by atoms with E-state index in [0.717, 1.165) is 56.0 Å². The highest BCUT2D eigenvalue weighted by Crippen LogP contribution is 2.66. The van der Waals surface area contributed by atoms with Crippen molar-refractivity contribution in [1.82, 2.24) is 15.0 Å². The molecule has 19 rings (SSSR count). The fraction of sp³-hybridized carbons (Fsp3) is 0.282. The average Bonchev–Trinajstić information content (AvgIpc) is 1.60. The highest BCUT2D eigenvalue weighted by atomic mass is 15.3. The number of nitrogens with zero attached hydrogens (tertiary/aromatic N) is 6. The Morgan fingerprint density at radius 1 is 0.286 bits per heavy atom. The van der Waals surface area contributed by atoms with Gasteiger partial charge in [0, 0.05) is 68.1 Å². The van der Waals surface area contributed by atoms with Gasteiger partial charge in [-0.05, 0) is 219 Å². The molecule has 0 amide bonds. The van der Waals surface area contributed by atoms with Crippen LogP contribution in [0.15, 0.2) is 207 Å². The van der Waals surface area contributed by atoms with Crippen LogP contribution in [0.1, 0.15) is 135 Å². The number of aromatic nitrogens is 3. The van der Waals surface area contributed by atoms with Crippen LogP contribution in [0.5, 0.6) is 0 Å². The molecule has 0 bridgehead atoms. The second-order valence-corrected chi connectivity index (χ2v) is 29.5. The molecule has 446 valence electrons. The number of benzene rings is 10. The van der Waals surface area contributed by atoms with Crippen molar-refractivity contribution in [2.24, 2.45) is 0 Å². The number of anilines is 6. The summed E-state index contributed by atoms with van der Waals surface area (Å²) in [4.78, 5) is 23.8. The zero-order valence-corrected chi connectivity index (χ0v) is 53.3. The minimum absolute atomic E-state index is 0.0718. The SMILES string of the molecule is CC12CCCCC1(C)N(c1nccc3ccccc13)c1ccc(-c3ccc4ccc5c(-c6ccc7c(c6)C6(C)CCCCC6(C)N7c6nccc7ccccc67)cc(-c6ccc7c(c6)C6(C)CCCCC6(C)N7c6nccc7ccccc67)c6ccc3c4c56)cc12. The van der Waals surface area contributed by atoms with E-state index < -0.39 is 0 Å². The summed E-state index contributed by atoms with van der Waals surface area (Å²) in [7, 11) is 0. The molecule has 13 aromatic rings. The lowest BCUT2D eigenvalue weighted by atomic mass is 9.61. The normalized spacial score (nSPS) is 25.8. The number of hydrogen-bond donors (Lipinski definition) is 0. The van der Waals surface area contributed by atoms with Crippen molar-refractivity contribution in [3.8, 4) is 33.4 Å².